The zero-order valence-corrected chi connectivity index (χ0v) is 15.4. The van der Waals surface area contributed by atoms with Crippen LogP contribution in [0.15, 0.2) is 59.5 Å². The van der Waals surface area contributed by atoms with E-state index in [1.54, 1.807) is 11.8 Å². The third kappa shape index (κ3) is 5.82. The van der Waals surface area contributed by atoms with Gasteiger partial charge in [0, 0.05) is 42.4 Å². The molecule has 1 amide bonds. The molecule has 0 spiro atoms. The van der Waals surface area contributed by atoms with Gasteiger partial charge in [-0.1, -0.05) is 30.3 Å². The zero-order chi connectivity index (χ0) is 17.3. The van der Waals surface area contributed by atoms with Crippen molar-refractivity contribution in [2.75, 3.05) is 23.7 Å². The lowest BCUT2D eigenvalue weighted by Gasteiger charge is -2.28. The summed E-state index contributed by atoms with van der Waals surface area (Å²) in [6.07, 6.45) is 4.48. The van der Waals surface area contributed by atoms with Crippen LogP contribution < -0.4 is 10.2 Å². The summed E-state index contributed by atoms with van der Waals surface area (Å²) in [5, 5.41) is 3.02. The first-order chi connectivity index (χ1) is 12.3. The maximum Gasteiger partial charge on any atom is 0.221 e. The van der Waals surface area contributed by atoms with Gasteiger partial charge in [-0.25, -0.2) is 0 Å². The third-order valence-corrected chi connectivity index (χ3v) is 5.50. The van der Waals surface area contributed by atoms with Crippen molar-refractivity contribution >= 4 is 23.4 Å². The zero-order valence-electron chi connectivity index (χ0n) is 14.6. The van der Waals surface area contributed by atoms with Crippen molar-refractivity contribution < 1.29 is 4.79 Å². The minimum absolute atomic E-state index is 0.114. The average molecular weight is 355 g/mol. The van der Waals surface area contributed by atoms with E-state index in [1.807, 2.05) is 18.2 Å². The van der Waals surface area contributed by atoms with E-state index in [4.69, 9.17) is 0 Å². The fourth-order valence-electron chi connectivity index (χ4n) is 3.04. The summed E-state index contributed by atoms with van der Waals surface area (Å²) in [6, 6.07) is 18.8. The number of anilines is 1. The maximum absolute atomic E-state index is 12.0. The van der Waals surface area contributed by atoms with Gasteiger partial charge < -0.3 is 10.2 Å². The quantitative estimate of drug-likeness (QED) is 0.744. The highest BCUT2D eigenvalue weighted by Gasteiger charge is 2.10. The van der Waals surface area contributed by atoms with Crippen molar-refractivity contribution in [3.05, 3.63) is 60.2 Å². The van der Waals surface area contributed by atoms with Gasteiger partial charge in [0.25, 0.3) is 0 Å². The molecule has 0 unspecified atom stereocenters. The molecule has 1 aliphatic heterocycles. The molecular weight excluding hydrogens is 328 g/mol. The topological polar surface area (TPSA) is 32.3 Å². The molecule has 0 atom stereocenters. The first kappa shape index (κ1) is 17.9. The largest absolute Gasteiger partial charge is 0.372 e. The lowest BCUT2D eigenvalue weighted by Crippen LogP contribution is -2.29. The summed E-state index contributed by atoms with van der Waals surface area (Å²) >= 11 is 1.72. The molecule has 2 aromatic rings. The van der Waals surface area contributed by atoms with E-state index in [9.17, 15) is 4.79 Å². The van der Waals surface area contributed by atoms with Crippen LogP contribution in [0.1, 0.15) is 31.2 Å². The van der Waals surface area contributed by atoms with Gasteiger partial charge in [-0.3, -0.25) is 4.79 Å². The van der Waals surface area contributed by atoms with Gasteiger partial charge in [-0.05, 0) is 49.1 Å². The Morgan fingerprint density at radius 2 is 1.68 bits per heavy atom. The highest BCUT2D eigenvalue weighted by molar-refractivity contribution is 7.99. The number of hydrogen-bond acceptors (Lipinski definition) is 3. The number of carbonyl (C=O) groups excluding carboxylic acids is 1. The maximum atomic E-state index is 12.0. The second kappa shape index (κ2) is 9.52. The molecule has 3 nitrogen and oxygen atoms in total. The van der Waals surface area contributed by atoms with Gasteiger partial charge in [0.1, 0.15) is 0 Å². The Labute approximate surface area is 154 Å². The minimum Gasteiger partial charge on any atom is -0.372 e. The van der Waals surface area contributed by atoms with Gasteiger partial charge in [0.15, 0.2) is 0 Å². The molecule has 1 fully saturated rings. The van der Waals surface area contributed by atoms with Crippen LogP contribution in [0.3, 0.4) is 0 Å². The second-order valence-corrected chi connectivity index (χ2v) is 7.57. The van der Waals surface area contributed by atoms with Crippen molar-refractivity contribution in [3.8, 4) is 0 Å². The average Bonchev–Trinajstić information content (AvgIpc) is 2.68. The molecule has 0 aliphatic carbocycles. The molecule has 0 saturated carbocycles. The molecule has 4 heteroatoms. The second-order valence-electron chi connectivity index (χ2n) is 6.40. The Morgan fingerprint density at radius 3 is 2.40 bits per heavy atom. The Hall–Kier alpha value is -1.94. The molecular formula is C21H26N2OS. The smallest absolute Gasteiger partial charge is 0.221 e. The van der Waals surface area contributed by atoms with Crippen LogP contribution in [-0.4, -0.2) is 24.7 Å². The van der Waals surface area contributed by atoms with E-state index in [0.717, 1.165) is 24.4 Å². The minimum atomic E-state index is 0.114. The lowest BCUT2D eigenvalue weighted by atomic mass is 10.1. The summed E-state index contributed by atoms with van der Waals surface area (Å²) < 4.78 is 0. The highest BCUT2D eigenvalue weighted by Crippen LogP contribution is 2.20. The summed E-state index contributed by atoms with van der Waals surface area (Å²) in [6.45, 7) is 2.93. The van der Waals surface area contributed by atoms with Crippen LogP contribution in [0.25, 0.3) is 0 Å². The van der Waals surface area contributed by atoms with Crippen LogP contribution in [0.2, 0.25) is 0 Å². The Bertz CT molecular complexity index is 651. The summed E-state index contributed by atoms with van der Waals surface area (Å²) in [5.74, 6) is 0.924. The number of hydrogen-bond donors (Lipinski definition) is 1. The Kier molecular flexibility index (Phi) is 6.80. The van der Waals surface area contributed by atoms with Crippen molar-refractivity contribution in [2.24, 2.45) is 0 Å². The summed E-state index contributed by atoms with van der Waals surface area (Å²) in [4.78, 5) is 15.7. The molecule has 1 heterocycles. The van der Waals surface area contributed by atoms with Gasteiger partial charge >= 0.3 is 0 Å². The van der Waals surface area contributed by atoms with Crippen molar-refractivity contribution in [1.82, 2.24) is 5.32 Å². The van der Waals surface area contributed by atoms with E-state index < -0.39 is 0 Å². The molecule has 1 N–H and O–H groups in total. The van der Waals surface area contributed by atoms with Crippen molar-refractivity contribution in [1.29, 1.82) is 0 Å². The fraction of sp³-hybridized carbons (Fsp3) is 0.381. The monoisotopic (exact) mass is 354 g/mol. The number of nitrogens with zero attached hydrogens (tertiary/aromatic N) is 1. The number of amides is 1. The van der Waals surface area contributed by atoms with Crippen LogP contribution in [0.5, 0.6) is 0 Å². The molecule has 2 aromatic carbocycles. The highest BCUT2D eigenvalue weighted by atomic mass is 32.2. The molecule has 0 radical (unpaired) electrons. The third-order valence-electron chi connectivity index (χ3n) is 4.49. The molecule has 3 rings (SSSR count). The fourth-order valence-corrected chi connectivity index (χ4v) is 3.92. The van der Waals surface area contributed by atoms with Gasteiger partial charge in [-0.2, -0.15) is 0 Å². The number of rotatable bonds is 7. The number of thioether (sulfide) groups is 1. The number of nitrogens with one attached hydrogen (secondary N) is 1. The predicted octanol–water partition coefficient (Wildman–Crippen LogP) is 4.48. The normalized spacial score (nSPS) is 14.3. The molecule has 25 heavy (non-hydrogen) atoms. The van der Waals surface area contributed by atoms with Crippen LogP contribution in [0.4, 0.5) is 5.69 Å². The Morgan fingerprint density at radius 1 is 0.960 bits per heavy atom. The number of benzene rings is 2. The molecule has 1 saturated heterocycles. The molecule has 0 aromatic heterocycles. The van der Waals surface area contributed by atoms with E-state index in [1.165, 1.54) is 29.8 Å². The van der Waals surface area contributed by atoms with E-state index in [2.05, 4.69) is 46.6 Å². The first-order valence-electron chi connectivity index (χ1n) is 9.10. The van der Waals surface area contributed by atoms with E-state index in [-0.39, 0.29) is 5.91 Å². The van der Waals surface area contributed by atoms with Crippen LogP contribution in [-0.2, 0) is 11.3 Å². The van der Waals surface area contributed by atoms with Crippen LogP contribution in [0, 0.1) is 0 Å². The van der Waals surface area contributed by atoms with Crippen molar-refractivity contribution in [2.45, 2.75) is 37.1 Å². The SMILES string of the molecule is O=C(CCSc1ccccc1)NCc1ccc(N2CCCCC2)cc1. The number of carbonyl (C=O) groups is 1. The van der Waals surface area contributed by atoms with Gasteiger partial charge in [0.2, 0.25) is 5.91 Å². The Balaban J connectivity index is 1.38. The van der Waals surface area contributed by atoms with E-state index in [0.29, 0.717) is 13.0 Å². The standard InChI is InChI=1S/C21H26N2OS/c24-21(13-16-25-20-7-3-1-4-8-20)22-17-18-9-11-19(12-10-18)23-14-5-2-6-15-23/h1,3-4,7-12H,2,5-6,13-17H2,(H,22,24). The lowest BCUT2D eigenvalue weighted by molar-refractivity contribution is -0.120. The van der Waals surface area contributed by atoms with Crippen molar-refractivity contribution in [3.63, 3.8) is 0 Å². The van der Waals surface area contributed by atoms with E-state index >= 15 is 0 Å². The number of piperidine rings is 1. The molecule has 0 bridgehead atoms. The van der Waals surface area contributed by atoms with Gasteiger partial charge in [-0.15, -0.1) is 11.8 Å². The summed E-state index contributed by atoms with van der Waals surface area (Å²) in [7, 11) is 0. The summed E-state index contributed by atoms with van der Waals surface area (Å²) in [5.41, 5.74) is 2.46. The first-order valence-corrected chi connectivity index (χ1v) is 10.1. The van der Waals surface area contributed by atoms with Crippen LogP contribution >= 0.6 is 11.8 Å². The van der Waals surface area contributed by atoms with Gasteiger partial charge in [0.05, 0.1) is 0 Å². The predicted molar refractivity (Wildman–Crippen MR) is 106 cm³/mol. The molecule has 1 aliphatic rings. The molecule has 132 valence electrons.